The van der Waals surface area contributed by atoms with E-state index in [4.69, 9.17) is 4.98 Å². The average molecular weight is 501 g/mol. The standard InChI is InChI=1S/C29H36N6O2/c1-18-24-16-31-29(33-27(24)35(23-5-3-4-6-23)28(37)26(18)19(2)36)32-25-10-9-22(15-30-25)21-11-13-34(14-12-21)17-20-7-8-20/h9-10,15-16,20-21,23H,3-8,11-14,17H2,1-2H3,(H,30,31,32,33). The fraction of sp³-hybridized carbons (Fsp3) is 0.552. The van der Waals surface area contributed by atoms with Crippen molar-refractivity contribution in [2.45, 2.75) is 77.2 Å². The summed E-state index contributed by atoms with van der Waals surface area (Å²) in [4.78, 5) is 42.3. The first-order chi connectivity index (χ1) is 18.0. The van der Waals surface area contributed by atoms with Crippen LogP contribution >= 0.6 is 0 Å². The van der Waals surface area contributed by atoms with Gasteiger partial charge in [-0.2, -0.15) is 4.98 Å². The number of likely N-dealkylation sites (tertiary alicyclic amines) is 1. The Balaban J connectivity index is 1.23. The van der Waals surface area contributed by atoms with Crippen molar-refractivity contribution in [3.8, 4) is 0 Å². The molecule has 0 unspecified atom stereocenters. The van der Waals surface area contributed by atoms with Crippen molar-refractivity contribution in [1.82, 2.24) is 24.4 Å². The van der Waals surface area contributed by atoms with Crippen molar-refractivity contribution in [2.75, 3.05) is 25.0 Å². The predicted octanol–water partition coefficient (Wildman–Crippen LogP) is 5.15. The van der Waals surface area contributed by atoms with E-state index in [1.54, 1.807) is 10.8 Å². The van der Waals surface area contributed by atoms with Crippen molar-refractivity contribution in [2.24, 2.45) is 5.92 Å². The molecule has 0 atom stereocenters. The van der Waals surface area contributed by atoms with Gasteiger partial charge in [-0.15, -0.1) is 0 Å². The lowest BCUT2D eigenvalue weighted by Crippen LogP contribution is -2.34. The van der Waals surface area contributed by atoms with E-state index in [0.717, 1.165) is 37.0 Å². The molecule has 1 aliphatic heterocycles. The maximum Gasteiger partial charge on any atom is 0.263 e. The second-order valence-corrected chi connectivity index (χ2v) is 11.2. The van der Waals surface area contributed by atoms with Crippen molar-refractivity contribution >= 4 is 28.6 Å². The number of rotatable bonds is 7. The minimum atomic E-state index is -0.236. The van der Waals surface area contributed by atoms with Crippen LogP contribution in [0.5, 0.6) is 0 Å². The van der Waals surface area contributed by atoms with E-state index < -0.39 is 0 Å². The molecule has 1 saturated heterocycles. The quantitative estimate of drug-likeness (QED) is 0.449. The largest absolute Gasteiger partial charge is 0.309 e. The van der Waals surface area contributed by atoms with Gasteiger partial charge in [-0.05, 0) is 94.5 Å². The van der Waals surface area contributed by atoms with Crippen LogP contribution in [0.2, 0.25) is 0 Å². The van der Waals surface area contributed by atoms with Crippen LogP contribution in [0.25, 0.3) is 11.0 Å². The monoisotopic (exact) mass is 500 g/mol. The van der Waals surface area contributed by atoms with Gasteiger partial charge in [0.05, 0.1) is 5.56 Å². The molecule has 2 saturated carbocycles. The number of Topliss-reactive ketones (excluding diaryl/α,β-unsaturated/α-hetero) is 1. The van der Waals surface area contributed by atoms with Crippen LogP contribution in [-0.4, -0.2) is 49.8 Å². The highest BCUT2D eigenvalue weighted by Gasteiger charge is 2.28. The molecule has 2 aliphatic carbocycles. The zero-order chi connectivity index (χ0) is 25.5. The molecule has 4 heterocycles. The number of aryl methyl sites for hydroxylation is 1. The molecular weight excluding hydrogens is 464 g/mol. The van der Waals surface area contributed by atoms with E-state index in [1.165, 1.54) is 57.8 Å². The van der Waals surface area contributed by atoms with Crippen molar-refractivity contribution in [1.29, 1.82) is 0 Å². The van der Waals surface area contributed by atoms with E-state index in [2.05, 4.69) is 26.3 Å². The second-order valence-electron chi connectivity index (χ2n) is 11.2. The molecule has 8 nitrogen and oxygen atoms in total. The number of anilines is 2. The Bertz CT molecular complexity index is 1360. The number of fused-ring (bicyclic) bond motifs is 1. The van der Waals surface area contributed by atoms with E-state index in [1.807, 2.05) is 19.2 Å². The van der Waals surface area contributed by atoms with E-state index in [9.17, 15) is 9.59 Å². The molecule has 37 heavy (non-hydrogen) atoms. The summed E-state index contributed by atoms with van der Waals surface area (Å²) in [7, 11) is 0. The van der Waals surface area contributed by atoms with Crippen LogP contribution < -0.4 is 10.9 Å². The molecule has 3 aliphatic rings. The zero-order valence-electron chi connectivity index (χ0n) is 21.9. The first-order valence-corrected chi connectivity index (χ1v) is 13.9. The van der Waals surface area contributed by atoms with Crippen LogP contribution in [-0.2, 0) is 0 Å². The Morgan fingerprint density at radius 1 is 1.03 bits per heavy atom. The maximum absolute atomic E-state index is 13.4. The molecule has 1 N–H and O–H groups in total. The molecule has 0 amide bonds. The summed E-state index contributed by atoms with van der Waals surface area (Å²) in [6, 6.07) is 4.22. The minimum Gasteiger partial charge on any atom is -0.309 e. The number of nitrogens with zero attached hydrogens (tertiary/aromatic N) is 5. The summed E-state index contributed by atoms with van der Waals surface area (Å²) >= 11 is 0. The van der Waals surface area contributed by atoms with Gasteiger partial charge in [0.2, 0.25) is 5.95 Å². The Morgan fingerprint density at radius 3 is 2.43 bits per heavy atom. The molecule has 0 radical (unpaired) electrons. The third-order valence-electron chi connectivity index (χ3n) is 8.55. The van der Waals surface area contributed by atoms with Crippen molar-refractivity contribution in [3.05, 3.63) is 51.6 Å². The van der Waals surface area contributed by atoms with Crippen LogP contribution in [0, 0.1) is 12.8 Å². The lowest BCUT2D eigenvalue weighted by atomic mass is 9.90. The lowest BCUT2D eigenvalue weighted by molar-refractivity contribution is 0.101. The van der Waals surface area contributed by atoms with Gasteiger partial charge in [-0.1, -0.05) is 18.9 Å². The molecular formula is C29H36N6O2. The smallest absolute Gasteiger partial charge is 0.263 e. The molecule has 3 aromatic rings. The fourth-order valence-electron chi connectivity index (χ4n) is 6.26. The molecule has 6 rings (SSSR count). The predicted molar refractivity (Wildman–Crippen MR) is 145 cm³/mol. The van der Waals surface area contributed by atoms with Crippen LogP contribution in [0.1, 0.15) is 91.7 Å². The van der Waals surface area contributed by atoms with Crippen LogP contribution in [0.3, 0.4) is 0 Å². The van der Waals surface area contributed by atoms with Gasteiger partial charge >= 0.3 is 0 Å². The van der Waals surface area contributed by atoms with E-state index >= 15 is 0 Å². The first-order valence-electron chi connectivity index (χ1n) is 13.9. The summed E-state index contributed by atoms with van der Waals surface area (Å²) in [5.41, 5.74) is 2.54. The number of pyridine rings is 2. The highest BCUT2D eigenvalue weighted by molar-refractivity contribution is 5.99. The van der Waals surface area contributed by atoms with Crippen LogP contribution in [0.4, 0.5) is 11.8 Å². The van der Waals surface area contributed by atoms with Gasteiger partial charge in [-0.25, -0.2) is 9.97 Å². The SMILES string of the molecule is CC(=O)c1c(C)c2cnc(Nc3ccc(C4CCN(CC5CC5)CC4)cn3)nc2n(C2CCCC2)c1=O. The summed E-state index contributed by atoms with van der Waals surface area (Å²) in [6.07, 6.45) is 12.9. The van der Waals surface area contributed by atoms with Crippen LogP contribution in [0.15, 0.2) is 29.3 Å². The Kier molecular flexibility index (Phi) is 6.53. The number of carbonyl (C=O) groups excluding carboxylic acids is 1. The summed E-state index contributed by atoms with van der Waals surface area (Å²) in [5, 5.41) is 3.98. The maximum atomic E-state index is 13.4. The summed E-state index contributed by atoms with van der Waals surface area (Å²) < 4.78 is 1.74. The minimum absolute atomic E-state index is 0.0598. The molecule has 194 valence electrons. The Morgan fingerprint density at radius 2 is 1.78 bits per heavy atom. The molecule has 0 bridgehead atoms. The van der Waals surface area contributed by atoms with E-state index in [0.29, 0.717) is 28.9 Å². The average Bonchev–Trinajstić information content (AvgIpc) is 3.54. The van der Waals surface area contributed by atoms with Crippen molar-refractivity contribution < 1.29 is 4.79 Å². The van der Waals surface area contributed by atoms with Gasteiger partial charge in [-0.3, -0.25) is 14.2 Å². The summed E-state index contributed by atoms with van der Waals surface area (Å²) in [6.45, 7) is 6.91. The number of carbonyl (C=O) groups is 1. The molecule has 0 aromatic carbocycles. The summed E-state index contributed by atoms with van der Waals surface area (Å²) in [5.74, 6) is 2.39. The highest BCUT2D eigenvalue weighted by Crippen LogP contribution is 2.34. The lowest BCUT2D eigenvalue weighted by Gasteiger charge is -2.32. The zero-order valence-corrected chi connectivity index (χ0v) is 21.9. The normalized spacial score (nSPS) is 19.5. The number of piperidine rings is 1. The van der Waals surface area contributed by atoms with Gasteiger partial charge in [0.25, 0.3) is 5.56 Å². The Labute approximate surface area is 217 Å². The molecule has 8 heteroatoms. The van der Waals surface area contributed by atoms with Gasteiger partial charge < -0.3 is 10.2 Å². The molecule has 0 spiro atoms. The number of hydrogen-bond donors (Lipinski definition) is 1. The molecule has 3 aromatic heterocycles. The van der Waals surface area contributed by atoms with Crippen molar-refractivity contribution in [3.63, 3.8) is 0 Å². The van der Waals surface area contributed by atoms with Gasteiger partial charge in [0.1, 0.15) is 11.5 Å². The third-order valence-corrected chi connectivity index (χ3v) is 8.55. The second kappa shape index (κ2) is 9.97. The number of ketones is 1. The Hall–Kier alpha value is -3.13. The van der Waals surface area contributed by atoms with E-state index in [-0.39, 0.29) is 22.9 Å². The molecule has 3 fully saturated rings. The number of aromatic nitrogens is 4. The number of nitrogens with one attached hydrogen (secondary N) is 1. The third kappa shape index (κ3) is 4.91. The first kappa shape index (κ1) is 24.2. The fourth-order valence-corrected chi connectivity index (χ4v) is 6.26. The van der Waals surface area contributed by atoms with Gasteiger partial charge in [0, 0.05) is 30.4 Å². The number of hydrogen-bond acceptors (Lipinski definition) is 7. The topological polar surface area (TPSA) is 93.0 Å². The van der Waals surface area contributed by atoms with Gasteiger partial charge in [0.15, 0.2) is 5.78 Å². The highest BCUT2D eigenvalue weighted by atomic mass is 16.1.